The van der Waals surface area contributed by atoms with E-state index in [0.717, 1.165) is 0 Å². The molecule has 0 radical (unpaired) electrons. The third-order valence-corrected chi connectivity index (χ3v) is 5.67. The van der Waals surface area contributed by atoms with Crippen molar-refractivity contribution in [3.63, 3.8) is 0 Å². The molecule has 40 heavy (non-hydrogen) atoms. The monoisotopic (exact) mass is 564 g/mol. The second-order valence-electron chi connectivity index (χ2n) is 9.75. The number of guanidine groups is 1. The van der Waals surface area contributed by atoms with Gasteiger partial charge in [0.15, 0.2) is 5.96 Å². The fourth-order valence-electron chi connectivity index (χ4n) is 3.69. The number of amides is 4. The Hall–Kier alpha value is -4.40. The summed E-state index contributed by atoms with van der Waals surface area (Å²) in [7, 11) is 0. The third-order valence-electron chi connectivity index (χ3n) is 5.67. The first-order chi connectivity index (χ1) is 18.7. The number of aromatic hydroxyl groups is 1. The Labute approximate surface area is 232 Å². The van der Waals surface area contributed by atoms with Gasteiger partial charge in [-0.05, 0) is 42.9 Å². The van der Waals surface area contributed by atoms with Crippen LogP contribution in [-0.4, -0.2) is 76.5 Å². The van der Waals surface area contributed by atoms with Crippen LogP contribution in [-0.2, 0) is 30.4 Å². The van der Waals surface area contributed by atoms with E-state index in [-0.39, 0.29) is 43.4 Å². The van der Waals surface area contributed by atoms with Gasteiger partial charge in [-0.1, -0.05) is 26.0 Å². The second-order valence-corrected chi connectivity index (χ2v) is 9.75. The maximum atomic E-state index is 13.1. The molecule has 0 heterocycles. The lowest BCUT2D eigenvalue weighted by atomic mass is 10.0. The summed E-state index contributed by atoms with van der Waals surface area (Å²) in [5.74, 6) is -4.70. The van der Waals surface area contributed by atoms with Crippen LogP contribution in [0.15, 0.2) is 29.3 Å². The Bertz CT molecular complexity index is 1060. The predicted molar refractivity (Wildman–Crippen MR) is 146 cm³/mol. The molecule has 0 aliphatic carbocycles. The van der Waals surface area contributed by atoms with E-state index in [1.165, 1.54) is 24.3 Å². The highest BCUT2D eigenvalue weighted by Crippen LogP contribution is 2.12. The fourth-order valence-corrected chi connectivity index (χ4v) is 3.69. The van der Waals surface area contributed by atoms with Gasteiger partial charge >= 0.3 is 5.97 Å². The number of hydrogen-bond acceptors (Lipinski definition) is 8. The molecule has 0 bridgehead atoms. The third kappa shape index (κ3) is 12.9. The van der Waals surface area contributed by atoms with Gasteiger partial charge in [0, 0.05) is 13.0 Å². The average Bonchev–Trinajstić information content (AvgIpc) is 2.85. The van der Waals surface area contributed by atoms with Gasteiger partial charge in [0.25, 0.3) is 0 Å². The van der Waals surface area contributed by atoms with E-state index < -0.39 is 60.2 Å². The van der Waals surface area contributed by atoms with Crippen molar-refractivity contribution in [1.29, 1.82) is 0 Å². The molecule has 15 nitrogen and oxygen atoms in total. The Kier molecular flexibility index (Phi) is 13.9. The number of rotatable bonds is 17. The maximum absolute atomic E-state index is 13.1. The van der Waals surface area contributed by atoms with Gasteiger partial charge in [-0.3, -0.25) is 24.2 Å². The Balaban J connectivity index is 3.10. The first-order valence-electron chi connectivity index (χ1n) is 12.7. The van der Waals surface area contributed by atoms with Crippen molar-refractivity contribution in [3.8, 4) is 5.75 Å². The number of carboxylic acid groups (broad SMARTS) is 1. The molecule has 1 aromatic carbocycles. The van der Waals surface area contributed by atoms with Crippen LogP contribution in [0, 0.1) is 5.92 Å². The molecule has 15 heteroatoms. The van der Waals surface area contributed by atoms with E-state index in [2.05, 4.69) is 20.9 Å². The number of phenolic OH excluding ortho intramolecular Hbond substituents is 1. The Morgan fingerprint density at radius 1 is 0.875 bits per heavy atom. The molecule has 0 aliphatic heterocycles. The van der Waals surface area contributed by atoms with Gasteiger partial charge in [0.2, 0.25) is 23.6 Å². The summed E-state index contributed by atoms with van der Waals surface area (Å²) in [4.78, 5) is 66.1. The number of nitrogens with zero attached hydrogens (tertiary/aromatic N) is 1. The summed E-state index contributed by atoms with van der Waals surface area (Å²) >= 11 is 0. The molecule has 0 spiro atoms. The number of carboxylic acids is 1. The molecule has 1 aromatic rings. The number of primary amides is 1. The maximum Gasteiger partial charge on any atom is 0.326 e. The molecular formula is C25H40N8O7. The van der Waals surface area contributed by atoms with Crippen molar-refractivity contribution in [2.24, 2.45) is 33.8 Å². The van der Waals surface area contributed by atoms with Crippen LogP contribution in [0.4, 0.5) is 0 Å². The normalized spacial score (nSPS) is 13.8. The summed E-state index contributed by atoms with van der Waals surface area (Å²) in [5, 5.41) is 26.4. The molecule has 4 atom stereocenters. The van der Waals surface area contributed by atoms with Crippen LogP contribution >= 0.6 is 0 Å². The van der Waals surface area contributed by atoms with Crippen molar-refractivity contribution in [3.05, 3.63) is 29.8 Å². The lowest BCUT2D eigenvalue weighted by molar-refractivity contribution is -0.142. The van der Waals surface area contributed by atoms with Crippen molar-refractivity contribution < 1.29 is 34.2 Å². The van der Waals surface area contributed by atoms with E-state index in [0.29, 0.717) is 12.0 Å². The van der Waals surface area contributed by atoms with Gasteiger partial charge in [-0.2, -0.15) is 0 Å². The van der Waals surface area contributed by atoms with Gasteiger partial charge in [0.05, 0.1) is 12.5 Å². The molecule has 222 valence electrons. The average molecular weight is 565 g/mol. The number of benzene rings is 1. The highest BCUT2D eigenvalue weighted by Gasteiger charge is 2.31. The fraction of sp³-hybridized carbons (Fsp3) is 0.520. The van der Waals surface area contributed by atoms with Crippen molar-refractivity contribution in [2.45, 2.75) is 70.1 Å². The first-order valence-corrected chi connectivity index (χ1v) is 12.7. The van der Waals surface area contributed by atoms with Crippen LogP contribution in [0.25, 0.3) is 0 Å². The summed E-state index contributed by atoms with van der Waals surface area (Å²) in [6, 6.07) is 0.748. The minimum absolute atomic E-state index is 0.00835. The van der Waals surface area contributed by atoms with Crippen LogP contribution < -0.4 is 38.9 Å². The highest BCUT2D eigenvalue weighted by molar-refractivity contribution is 5.96. The molecule has 0 saturated heterocycles. The van der Waals surface area contributed by atoms with E-state index in [4.69, 9.17) is 22.9 Å². The van der Waals surface area contributed by atoms with Crippen LogP contribution in [0.5, 0.6) is 5.75 Å². The summed E-state index contributed by atoms with van der Waals surface area (Å²) < 4.78 is 0. The second kappa shape index (κ2) is 16.5. The van der Waals surface area contributed by atoms with Gasteiger partial charge in [-0.25, -0.2) is 4.79 Å². The summed E-state index contributed by atoms with van der Waals surface area (Å²) in [5.41, 5.74) is 22.3. The SMILES string of the molecule is CC(C)CC(N)C(=O)NC(CC(N)=O)C(=O)NC(CCCN=C(N)N)C(=O)NC(Cc1ccc(O)cc1)C(=O)O. The van der Waals surface area contributed by atoms with Crippen molar-refractivity contribution in [1.82, 2.24) is 16.0 Å². The number of carbonyl (C=O) groups excluding carboxylic acids is 4. The molecule has 4 amide bonds. The first kappa shape index (κ1) is 33.6. The lowest BCUT2D eigenvalue weighted by Crippen LogP contribution is -2.58. The molecule has 0 aromatic heterocycles. The Morgan fingerprint density at radius 3 is 1.95 bits per heavy atom. The van der Waals surface area contributed by atoms with Gasteiger partial charge in [-0.15, -0.1) is 0 Å². The Morgan fingerprint density at radius 2 is 1.43 bits per heavy atom. The van der Waals surface area contributed by atoms with E-state index >= 15 is 0 Å². The zero-order chi connectivity index (χ0) is 30.4. The van der Waals surface area contributed by atoms with Crippen molar-refractivity contribution >= 4 is 35.6 Å². The largest absolute Gasteiger partial charge is 0.508 e. The standard InChI is InChI=1S/C25H40N8O7/c1-13(2)10-16(26)21(36)32-18(12-20(27)35)23(38)31-17(4-3-9-30-25(28)29)22(37)33-19(24(39)40)11-14-5-7-15(34)8-6-14/h5-8,13,16-19,34H,3-4,9-12,26H2,1-2H3,(H2,27,35)(H,31,38)(H,32,36)(H,33,37)(H,39,40)(H4,28,29,30). The quantitative estimate of drug-likeness (QED) is 0.0558. The zero-order valence-electron chi connectivity index (χ0n) is 22.6. The molecule has 0 saturated carbocycles. The van der Waals surface area contributed by atoms with Gasteiger partial charge in [0.1, 0.15) is 23.9 Å². The molecule has 0 fully saturated rings. The summed E-state index contributed by atoms with van der Waals surface area (Å²) in [6.07, 6.45) is -0.136. The number of nitrogens with one attached hydrogen (secondary N) is 3. The van der Waals surface area contributed by atoms with E-state index in [1.54, 1.807) is 0 Å². The highest BCUT2D eigenvalue weighted by atomic mass is 16.4. The lowest BCUT2D eigenvalue weighted by Gasteiger charge is -2.25. The number of nitrogens with two attached hydrogens (primary N) is 4. The van der Waals surface area contributed by atoms with Crippen LogP contribution in [0.3, 0.4) is 0 Å². The number of carbonyl (C=O) groups is 5. The van der Waals surface area contributed by atoms with E-state index in [9.17, 15) is 34.2 Å². The summed E-state index contributed by atoms with van der Waals surface area (Å²) in [6.45, 7) is 3.83. The van der Waals surface area contributed by atoms with Crippen LogP contribution in [0.2, 0.25) is 0 Å². The minimum atomic E-state index is -1.43. The minimum Gasteiger partial charge on any atom is -0.508 e. The number of aliphatic carboxylic acids is 1. The number of phenols is 1. The molecular weight excluding hydrogens is 524 g/mol. The number of aliphatic imine (C=N–C) groups is 1. The topological polar surface area (TPSA) is 278 Å². The molecule has 4 unspecified atom stereocenters. The zero-order valence-corrected chi connectivity index (χ0v) is 22.6. The number of hydrogen-bond donors (Lipinski definition) is 9. The molecule has 0 aliphatic rings. The smallest absolute Gasteiger partial charge is 0.326 e. The van der Waals surface area contributed by atoms with Gasteiger partial charge < -0.3 is 49.1 Å². The molecule has 1 rings (SSSR count). The van der Waals surface area contributed by atoms with Crippen molar-refractivity contribution in [2.75, 3.05) is 6.54 Å². The van der Waals surface area contributed by atoms with Crippen LogP contribution in [0.1, 0.15) is 45.1 Å². The van der Waals surface area contributed by atoms with E-state index in [1.807, 2.05) is 13.8 Å². The predicted octanol–water partition coefficient (Wildman–Crippen LogP) is -2.22. The molecule has 13 N–H and O–H groups in total.